The average Bonchev–Trinajstić information content (AvgIpc) is 2.83. The number of hydrogen-bond acceptors (Lipinski definition) is 6. The van der Waals surface area contributed by atoms with Gasteiger partial charge < -0.3 is 15.4 Å². The zero-order chi connectivity index (χ0) is 25.5. The van der Waals surface area contributed by atoms with E-state index in [0.717, 1.165) is 17.5 Å². The number of anilines is 2. The second-order valence-corrected chi connectivity index (χ2v) is 8.15. The number of nitrogen functional groups attached to an aromatic ring is 1. The summed E-state index contributed by atoms with van der Waals surface area (Å²) in [5.41, 5.74) is 6.90. The van der Waals surface area contributed by atoms with Gasteiger partial charge in [0.25, 0.3) is 11.5 Å². The van der Waals surface area contributed by atoms with Crippen molar-refractivity contribution in [1.29, 1.82) is 0 Å². The fourth-order valence-corrected chi connectivity index (χ4v) is 3.78. The maximum absolute atomic E-state index is 13.6. The molecule has 0 saturated heterocycles. The molecule has 0 radical (unpaired) electrons. The van der Waals surface area contributed by atoms with Crippen molar-refractivity contribution in [1.82, 2.24) is 9.55 Å². The minimum Gasteiger partial charge on any atom is -0.427 e. The lowest BCUT2D eigenvalue weighted by atomic mass is 10.0. The normalized spacial score (nSPS) is 10.7. The zero-order valence-electron chi connectivity index (χ0n) is 20.2. The van der Waals surface area contributed by atoms with Crippen molar-refractivity contribution >= 4 is 23.4 Å². The number of aromatic amines is 1. The largest absolute Gasteiger partial charge is 0.427 e. The highest BCUT2D eigenvalue weighted by Crippen LogP contribution is 2.26. The standard InChI is InChI=1S/C26H30N4O5/c1-4-6-15-29(22-23(27)30(14-5-2)26(34)28-24(22)32)25(33)20-9-7-8-19(16-20)18-10-12-21(13-11-18)35-17(3)31/h7-13,16H,4-6,14-15,27H2,1-3H3,(H,28,32,34). The average molecular weight is 479 g/mol. The summed E-state index contributed by atoms with van der Waals surface area (Å²) < 4.78 is 6.36. The number of esters is 1. The number of unbranched alkanes of at least 4 members (excludes halogenated alkanes) is 1. The third-order valence-electron chi connectivity index (χ3n) is 5.47. The summed E-state index contributed by atoms with van der Waals surface area (Å²) in [6.07, 6.45) is 2.08. The molecule has 0 aliphatic carbocycles. The van der Waals surface area contributed by atoms with Gasteiger partial charge in [0.2, 0.25) is 0 Å². The van der Waals surface area contributed by atoms with Gasteiger partial charge >= 0.3 is 11.7 Å². The molecule has 1 heterocycles. The number of aromatic nitrogens is 2. The number of carbonyl (C=O) groups is 2. The van der Waals surface area contributed by atoms with Crippen LogP contribution in [0.3, 0.4) is 0 Å². The Kier molecular flexibility index (Phi) is 8.25. The summed E-state index contributed by atoms with van der Waals surface area (Å²) in [4.78, 5) is 53.5. The second-order valence-electron chi connectivity index (χ2n) is 8.15. The molecule has 3 N–H and O–H groups in total. The van der Waals surface area contributed by atoms with Crippen LogP contribution in [-0.4, -0.2) is 28.0 Å². The number of nitrogens with one attached hydrogen (secondary N) is 1. The van der Waals surface area contributed by atoms with Crippen LogP contribution < -0.4 is 26.6 Å². The van der Waals surface area contributed by atoms with Crippen LogP contribution in [0.25, 0.3) is 11.1 Å². The van der Waals surface area contributed by atoms with Crippen molar-refractivity contribution in [2.24, 2.45) is 0 Å². The van der Waals surface area contributed by atoms with E-state index in [1.165, 1.54) is 16.4 Å². The molecule has 9 heteroatoms. The van der Waals surface area contributed by atoms with Crippen LogP contribution in [-0.2, 0) is 11.3 Å². The Morgan fingerprint density at radius 2 is 1.74 bits per heavy atom. The third kappa shape index (κ3) is 5.87. The molecule has 0 saturated carbocycles. The van der Waals surface area contributed by atoms with E-state index in [0.29, 0.717) is 30.7 Å². The van der Waals surface area contributed by atoms with Gasteiger partial charge in [0.15, 0.2) is 5.69 Å². The smallest absolute Gasteiger partial charge is 0.330 e. The second kappa shape index (κ2) is 11.3. The van der Waals surface area contributed by atoms with E-state index in [-0.39, 0.29) is 18.1 Å². The molecule has 3 rings (SSSR count). The Morgan fingerprint density at radius 1 is 1.03 bits per heavy atom. The SMILES string of the molecule is CCCCN(C(=O)c1cccc(-c2ccc(OC(C)=O)cc2)c1)c1c(N)n(CCC)c(=O)[nH]c1=O. The van der Waals surface area contributed by atoms with Crippen molar-refractivity contribution in [3.8, 4) is 16.9 Å². The van der Waals surface area contributed by atoms with Gasteiger partial charge in [-0.1, -0.05) is 44.5 Å². The first kappa shape index (κ1) is 25.5. The lowest BCUT2D eigenvalue weighted by Gasteiger charge is -2.24. The first-order valence-electron chi connectivity index (χ1n) is 11.6. The molecule has 184 valence electrons. The number of rotatable bonds is 9. The molecule has 2 aromatic carbocycles. The highest BCUT2D eigenvalue weighted by atomic mass is 16.5. The molecule has 9 nitrogen and oxygen atoms in total. The monoisotopic (exact) mass is 478 g/mol. The summed E-state index contributed by atoms with van der Waals surface area (Å²) in [7, 11) is 0. The zero-order valence-corrected chi connectivity index (χ0v) is 20.2. The van der Waals surface area contributed by atoms with Gasteiger partial charge in [0, 0.05) is 25.6 Å². The lowest BCUT2D eigenvalue weighted by molar-refractivity contribution is -0.131. The van der Waals surface area contributed by atoms with E-state index in [1.54, 1.807) is 42.5 Å². The number of hydrogen-bond donors (Lipinski definition) is 2. The van der Waals surface area contributed by atoms with Gasteiger partial charge in [0.1, 0.15) is 11.6 Å². The first-order chi connectivity index (χ1) is 16.8. The molecule has 0 bridgehead atoms. The van der Waals surface area contributed by atoms with Crippen LogP contribution >= 0.6 is 0 Å². The summed E-state index contributed by atoms with van der Waals surface area (Å²) in [6, 6.07) is 14.0. The number of nitrogens with zero attached hydrogens (tertiary/aromatic N) is 2. The Labute approximate surface area is 203 Å². The summed E-state index contributed by atoms with van der Waals surface area (Å²) >= 11 is 0. The fourth-order valence-electron chi connectivity index (χ4n) is 3.78. The van der Waals surface area contributed by atoms with Crippen molar-refractivity contribution in [2.45, 2.75) is 46.6 Å². The quantitative estimate of drug-likeness (QED) is 0.357. The van der Waals surface area contributed by atoms with Crippen LogP contribution in [0.4, 0.5) is 11.5 Å². The topological polar surface area (TPSA) is 127 Å². The van der Waals surface area contributed by atoms with Crippen molar-refractivity contribution in [3.05, 3.63) is 74.9 Å². The van der Waals surface area contributed by atoms with E-state index in [4.69, 9.17) is 10.5 Å². The molecule has 3 aromatic rings. The number of nitrogens with two attached hydrogens (primary N) is 1. The minimum absolute atomic E-state index is 0.0207. The van der Waals surface area contributed by atoms with E-state index in [9.17, 15) is 19.2 Å². The predicted octanol–water partition coefficient (Wildman–Crippen LogP) is 3.57. The van der Waals surface area contributed by atoms with Crippen LogP contribution in [0, 0.1) is 0 Å². The summed E-state index contributed by atoms with van der Waals surface area (Å²) in [5.74, 6) is -0.397. The van der Waals surface area contributed by atoms with E-state index < -0.39 is 23.1 Å². The minimum atomic E-state index is -0.693. The van der Waals surface area contributed by atoms with Crippen molar-refractivity contribution in [2.75, 3.05) is 17.2 Å². The summed E-state index contributed by atoms with van der Waals surface area (Å²) in [6.45, 7) is 5.80. The van der Waals surface area contributed by atoms with Crippen molar-refractivity contribution in [3.63, 3.8) is 0 Å². The maximum Gasteiger partial charge on any atom is 0.330 e. The van der Waals surface area contributed by atoms with Gasteiger partial charge in [-0.3, -0.25) is 23.9 Å². The van der Waals surface area contributed by atoms with E-state index >= 15 is 0 Å². The molecule has 1 amide bonds. The molecule has 0 aliphatic rings. The van der Waals surface area contributed by atoms with E-state index in [2.05, 4.69) is 4.98 Å². The number of carbonyl (C=O) groups excluding carboxylic acids is 2. The van der Waals surface area contributed by atoms with Crippen LogP contribution in [0.5, 0.6) is 5.75 Å². The van der Waals surface area contributed by atoms with Gasteiger partial charge in [-0.2, -0.15) is 0 Å². The van der Waals surface area contributed by atoms with Crippen LogP contribution in [0.2, 0.25) is 0 Å². The molecule has 0 aliphatic heterocycles. The highest BCUT2D eigenvalue weighted by Gasteiger charge is 2.25. The number of ether oxygens (including phenoxy) is 1. The molecule has 35 heavy (non-hydrogen) atoms. The lowest BCUT2D eigenvalue weighted by Crippen LogP contribution is -2.41. The molecule has 0 atom stereocenters. The molecular formula is C26H30N4O5. The number of H-pyrrole nitrogens is 1. The first-order valence-corrected chi connectivity index (χ1v) is 11.6. The van der Waals surface area contributed by atoms with Crippen LogP contribution in [0.15, 0.2) is 58.1 Å². The van der Waals surface area contributed by atoms with Gasteiger partial charge in [-0.25, -0.2) is 4.79 Å². The Hall–Kier alpha value is -4.14. The summed E-state index contributed by atoms with van der Waals surface area (Å²) in [5, 5.41) is 0. The number of amides is 1. The Bertz CT molecular complexity index is 1320. The highest BCUT2D eigenvalue weighted by molar-refractivity contribution is 6.07. The molecule has 0 spiro atoms. The Morgan fingerprint density at radius 3 is 2.37 bits per heavy atom. The molecular weight excluding hydrogens is 448 g/mol. The van der Waals surface area contributed by atoms with Gasteiger partial charge in [-0.15, -0.1) is 0 Å². The van der Waals surface area contributed by atoms with Crippen LogP contribution in [0.1, 0.15) is 50.4 Å². The fraction of sp³-hybridized carbons (Fsp3) is 0.308. The third-order valence-corrected chi connectivity index (χ3v) is 5.47. The molecule has 0 fully saturated rings. The maximum atomic E-state index is 13.6. The van der Waals surface area contributed by atoms with Crippen molar-refractivity contribution < 1.29 is 14.3 Å². The molecule has 1 aromatic heterocycles. The van der Waals surface area contributed by atoms with Gasteiger partial charge in [-0.05, 0) is 48.2 Å². The molecule has 0 unspecified atom stereocenters. The Balaban J connectivity index is 2.02. The van der Waals surface area contributed by atoms with Gasteiger partial charge in [0.05, 0.1) is 0 Å². The number of benzene rings is 2. The van der Waals surface area contributed by atoms with E-state index in [1.807, 2.05) is 19.9 Å². The predicted molar refractivity (Wildman–Crippen MR) is 136 cm³/mol.